The summed E-state index contributed by atoms with van der Waals surface area (Å²) in [5.74, 6) is 0.860. The van der Waals surface area contributed by atoms with Crippen molar-refractivity contribution in [1.82, 2.24) is 15.1 Å². The molecule has 20 heavy (non-hydrogen) atoms. The molecular formula is C16H28BrN3. The average molecular weight is 342 g/mol. The number of aryl methyl sites for hydroxylation is 2. The molecule has 0 spiro atoms. The van der Waals surface area contributed by atoms with Crippen LogP contribution in [0.4, 0.5) is 0 Å². The van der Waals surface area contributed by atoms with Crippen molar-refractivity contribution in [2.24, 2.45) is 5.92 Å². The molecule has 0 radical (unpaired) electrons. The third kappa shape index (κ3) is 3.45. The quantitative estimate of drug-likeness (QED) is 0.776. The molecule has 1 saturated carbocycles. The van der Waals surface area contributed by atoms with E-state index in [1.54, 1.807) is 0 Å². The molecule has 1 aromatic heterocycles. The second-order valence-corrected chi connectivity index (χ2v) is 6.63. The van der Waals surface area contributed by atoms with Crippen molar-refractivity contribution >= 4 is 15.9 Å². The molecule has 0 aliphatic heterocycles. The summed E-state index contributed by atoms with van der Waals surface area (Å²) in [6.45, 7) is 8.68. The van der Waals surface area contributed by atoms with Crippen LogP contribution < -0.4 is 5.32 Å². The molecule has 1 aliphatic rings. The van der Waals surface area contributed by atoms with E-state index in [1.165, 1.54) is 41.5 Å². The molecule has 114 valence electrons. The Bertz CT molecular complexity index is 424. The van der Waals surface area contributed by atoms with Gasteiger partial charge in [-0.15, -0.1) is 0 Å². The van der Waals surface area contributed by atoms with Gasteiger partial charge in [-0.05, 0) is 61.0 Å². The van der Waals surface area contributed by atoms with Gasteiger partial charge in [-0.2, -0.15) is 5.10 Å². The first-order valence-corrected chi connectivity index (χ1v) is 8.97. The van der Waals surface area contributed by atoms with E-state index in [2.05, 4.69) is 46.7 Å². The molecule has 1 heterocycles. The number of hydrogen-bond acceptors (Lipinski definition) is 2. The molecule has 1 aliphatic carbocycles. The summed E-state index contributed by atoms with van der Waals surface area (Å²) >= 11 is 3.78. The lowest BCUT2D eigenvalue weighted by Crippen LogP contribution is -2.42. The molecular weight excluding hydrogens is 314 g/mol. The summed E-state index contributed by atoms with van der Waals surface area (Å²) in [5, 5.41) is 8.49. The van der Waals surface area contributed by atoms with Crippen LogP contribution in [0.1, 0.15) is 57.8 Å². The number of hydrogen-bond donors (Lipinski definition) is 1. The molecule has 1 N–H and O–H groups in total. The Morgan fingerprint density at radius 3 is 2.60 bits per heavy atom. The van der Waals surface area contributed by atoms with Crippen molar-refractivity contribution in [3.8, 4) is 0 Å². The zero-order chi connectivity index (χ0) is 14.5. The maximum atomic E-state index is 4.73. The third-order valence-electron chi connectivity index (χ3n) is 4.48. The van der Waals surface area contributed by atoms with Gasteiger partial charge >= 0.3 is 0 Å². The fourth-order valence-corrected chi connectivity index (χ4v) is 3.72. The molecule has 2 rings (SSSR count). The normalized spacial score (nSPS) is 17.2. The first kappa shape index (κ1) is 16.0. The number of halogens is 1. The molecule has 4 heteroatoms. The van der Waals surface area contributed by atoms with Gasteiger partial charge in [0, 0.05) is 19.0 Å². The van der Waals surface area contributed by atoms with E-state index in [4.69, 9.17) is 5.10 Å². The second kappa shape index (κ2) is 7.60. The summed E-state index contributed by atoms with van der Waals surface area (Å²) in [6.07, 6.45) is 7.49. The van der Waals surface area contributed by atoms with Crippen LogP contribution in [0.3, 0.4) is 0 Å². The summed E-state index contributed by atoms with van der Waals surface area (Å²) in [7, 11) is 0. The van der Waals surface area contributed by atoms with Gasteiger partial charge in [-0.1, -0.05) is 20.3 Å². The highest BCUT2D eigenvalue weighted by Crippen LogP contribution is 2.33. The van der Waals surface area contributed by atoms with Crippen molar-refractivity contribution in [2.45, 2.75) is 71.9 Å². The SMILES string of the molecule is CCCNC(Cc1c(Br)c(CC)nn1CC)C1CCC1. The van der Waals surface area contributed by atoms with E-state index in [9.17, 15) is 0 Å². The minimum atomic E-state index is 0.617. The number of rotatable bonds is 8. The largest absolute Gasteiger partial charge is 0.313 e. The van der Waals surface area contributed by atoms with E-state index in [-0.39, 0.29) is 0 Å². The van der Waals surface area contributed by atoms with E-state index < -0.39 is 0 Å². The van der Waals surface area contributed by atoms with Gasteiger partial charge in [0.15, 0.2) is 0 Å². The molecule has 0 aromatic carbocycles. The highest BCUT2D eigenvalue weighted by Gasteiger charge is 2.29. The standard InChI is InChI=1S/C16H28BrN3/c1-4-10-18-14(12-8-7-9-12)11-15-16(17)13(5-2)19-20(15)6-3/h12,14,18H,4-11H2,1-3H3. The number of nitrogens with one attached hydrogen (secondary N) is 1. The smallest absolute Gasteiger partial charge is 0.0766 e. The van der Waals surface area contributed by atoms with Crippen molar-refractivity contribution in [3.05, 3.63) is 15.9 Å². The Kier molecular flexibility index (Phi) is 6.09. The predicted octanol–water partition coefficient (Wildman–Crippen LogP) is 3.94. The van der Waals surface area contributed by atoms with Gasteiger partial charge in [0.25, 0.3) is 0 Å². The maximum absolute atomic E-state index is 4.73. The average Bonchev–Trinajstić information content (AvgIpc) is 2.70. The number of aromatic nitrogens is 2. The molecule has 0 saturated heterocycles. The Morgan fingerprint density at radius 2 is 2.10 bits per heavy atom. The molecule has 0 amide bonds. The summed E-state index contributed by atoms with van der Waals surface area (Å²) < 4.78 is 3.42. The van der Waals surface area contributed by atoms with Crippen LogP contribution in [0.15, 0.2) is 4.47 Å². The topological polar surface area (TPSA) is 29.9 Å². The van der Waals surface area contributed by atoms with Gasteiger partial charge < -0.3 is 5.32 Å². The Balaban J connectivity index is 2.14. The second-order valence-electron chi connectivity index (χ2n) is 5.83. The Morgan fingerprint density at radius 1 is 1.35 bits per heavy atom. The molecule has 1 atom stereocenters. The molecule has 1 aromatic rings. The van der Waals surface area contributed by atoms with Gasteiger partial charge in [-0.3, -0.25) is 4.68 Å². The van der Waals surface area contributed by atoms with Crippen molar-refractivity contribution in [2.75, 3.05) is 6.54 Å². The van der Waals surface area contributed by atoms with Crippen LogP contribution in [0, 0.1) is 5.92 Å². The summed E-state index contributed by atoms with van der Waals surface area (Å²) in [6, 6.07) is 0.617. The van der Waals surface area contributed by atoms with Gasteiger partial charge in [0.2, 0.25) is 0 Å². The van der Waals surface area contributed by atoms with Crippen LogP contribution in [-0.4, -0.2) is 22.4 Å². The zero-order valence-electron chi connectivity index (χ0n) is 13.1. The van der Waals surface area contributed by atoms with E-state index in [1.807, 2.05) is 0 Å². The Hall–Kier alpha value is -0.350. The van der Waals surface area contributed by atoms with E-state index >= 15 is 0 Å². The van der Waals surface area contributed by atoms with Crippen molar-refractivity contribution < 1.29 is 0 Å². The lowest BCUT2D eigenvalue weighted by atomic mass is 9.78. The minimum absolute atomic E-state index is 0.617. The van der Waals surface area contributed by atoms with Gasteiger partial charge in [-0.25, -0.2) is 0 Å². The Labute approximate surface area is 131 Å². The molecule has 0 bridgehead atoms. The van der Waals surface area contributed by atoms with Gasteiger partial charge in [0.1, 0.15) is 0 Å². The van der Waals surface area contributed by atoms with Crippen LogP contribution in [0.2, 0.25) is 0 Å². The van der Waals surface area contributed by atoms with Crippen LogP contribution in [-0.2, 0) is 19.4 Å². The molecule has 1 fully saturated rings. The predicted molar refractivity (Wildman–Crippen MR) is 88.1 cm³/mol. The van der Waals surface area contributed by atoms with Crippen molar-refractivity contribution in [1.29, 1.82) is 0 Å². The lowest BCUT2D eigenvalue weighted by Gasteiger charge is -2.34. The third-order valence-corrected chi connectivity index (χ3v) is 5.40. The highest BCUT2D eigenvalue weighted by molar-refractivity contribution is 9.10. The molecule has 1 unspecified atom stereocenters. The molecule has 3 nitrogen and oxygen atoms in total. The first-order chi connectivity index (χ1) is 9.71. The number of nitrogens with zero attached hydrogens (tertiary/aromatic N) is 2. The fraction of sp³-hybridized carbons (Fsp3) is 0.812. The van der Waals surface area contributed by atoms with Crippen LogP contribution in [0.25, 0.3) is 0 Å². The van der Waals surface area contributed by atoms with E-state index in [0.29, 0.717) is 6.04 Å². The van der Waals surface area contributed by atoms with Crippen molar-refractivity contribution in [3.63, 3.8) is 0 Å². The maximum Gasteiger partial charge on any atom is 0.0766 e. The van der Waals surface area contributed by atoms with Crippen LogP contribution in [0.5, 0.6) is 0 Å². The highest BCUT2D eigenvalue weighted by atomic mass is 79.9. The zero-order valence-corrected chi connectivity index (χ0v) is 14.7. The lowest BCUT2D eigenvalue weighted by molar-refractivity contribution is 0.225. The first-order valence-electron chi connectivity index (χ1n) is 8.18. The summed E-state index contributed by atoms with van der Waals surface area (Å²) in [5.41, 5.74) is 2.58. The minimum Gasteiger partial charge on any atom is -0.313 e. The van der Waals surface area contributed by atoms with Gasteiger partial charge in [0.05, 0.1) is 15.9 Å². The fourth-order valence-electron chi connectivity index (χ4n) is 3.00. The monoisotopic (exact) mass is 341 g/mol. The van der Waals surface area contributed by atoms with E-state index in [0.717, 1.165) is 31.8 Å². The van der Waals surface area contributed by atoms with Crippen LogP contribution >= 0.6 is 15.9 Å². The summed E-state index contributed by atoms with van der Waals surface area (Å²) in [4.78, 5) is 0.